The predicted molar refractivity (Wildman–Crippen MR) is 79.2 cm³/mol. The van der Waals surface area contributed by atoms with E-state index < -0.39 is 11.8 Å². The van der Waals surface area contributed by atoms with Crippen LogP contribution < -0.4 is 0 Å². The SMILES string of the molecule is CN1CCC(CN2CCC(C(C)(C)C)CC2)C(F)(F)C1. The summed E-state index contributed by atoms with van der Waals surface area (Å²) in [4.78, 5) is 4.02. The van der Waals surface area contributed by atoms with Crippen LogP contribution in [-0.4, -0.2) is 55.5 Å². The van der Waals surface area contributed by atoms with Crippen LogP contribution in [0.5, 0.6) is 0 Å². The minimum Gasteiger partial charge on any atom is -0.303 e. The van der Waals surface area contributed by atoms with Crippen LogP contribution in [0.4, 0.5) is 8.78 Å². The number of alkyl halides is 2. The molecule has 0 aromatic carbocycles. The van der Waals surface area contributed by atoms with E-state index in [9.17, 15) is 8.78 Å². The van der Waals surface area contributed by atoms with Crippen molar-refractivity contribution in [2.45, 2.75) is 46.0 Å². The van der Waals surface area contributed by atoms with Crippen molar-refractivity contribution < 1.29 is 8.78 Å². The molecule has 20 heavy (non-hydrogen) atoms. The maximum absolute atomic E-state index is 14.1. The topological polar surface area (TPSA) is 6.48 Å². The van der Waals surface area contributed by atoms with E-state index in [0.717, 1.165) is 38.4 Å². The zero-order valence-corrected chi connectivity index (χ0v) is 13.5. The third kappa shape index (κ3) is 3.91. The monoisotopic (exact) mass is 288 g/mol. The van der Waals surface area contributed by atoms with Crippen molar-refractivity contribution >= 4 is 0 Å². The maximum Gasteiger partial charge on any atom is 0.264 e. The molecule has 0 amide bonds. The van der Waals surface area contributed by atoms with E-state index in [4.69, 9.17) is 0 Å². The minimum atomic E-state index is -2.52. The predicted octanol–water partition coefficient (Wildman–Crippen LogP) is 3.33. The molecule has 2 fully saturated rings. The van der Waals surface area contributed by atoms with Gasteiger partial charge in [0, 0.05) is 12.5 Å². The van der Waals surface area contributed by atoms with Crippen LogP contribution in [0, 0.1) is 17.3 Å². The lowest BCUT2D eigenvalue weighted by Crippen LogP contribution is -2.51. The van der Waals surface area contributed by atoms with Gasteiger partial charge in [0.25, 0.3) is 5.92 Å². The van der Waals surface area contributed by atoms with E-state index >= 15 is 0 Å². The summed E-state index contributed by atoms with van der Waals surface area (Å²) in [6.07, 6.45) is 2.94. The van der Waals surface area contributed by atoms with E-state index in [-0.39, 0.29) is 6.54 Å². The highest BCUT2D eigenvalue weighted by molar-refractivity contribution is 4.89. The van der Waals surface area contributed by atoms with Crippen molar-refractivity contribution in [3.63, 3.8) is 0 Å². The number of hydrogen-bond donors (Lipinski definition) is 0. The highest BCUT2D eigenvalue weighted by atomic mass is 19.3. The fraction of sp³-hybridized carbons (Fsp3) is 1.00. The van der Waals surface area contributed by atoms with E-state index in [1.807, 2.05) is 0 Å². The Bertz CT molecular complexity index is 317. The van der Waals surface area contributed by atoms with Crippen LogP contribution in [-0.2, 0) is 0 Å². The molecule has 0 bridgehead atoms. The molecule has 0 aliphatic carbocycles. The summed E-state index contributed by atoms with van der Waals surface area (Å²) in [5.41, 5.74) is 0.351. The van der Waals surface area contributed by atoms with Gasteiger partial charge in [-0.3, -0.25) is 0 Å². The van der Waals surface area contributed by atoms with E-state index in [0.29, 0.717) is 18.4 Å². The normalized spacial score (nSPS) is 30.6. The number of nitrogens with zero attached hydrogens (tertiary/aromatic N) is 2. The van der Waals surface area contributed by atoms with Gasteiger partial charge in [-0.1, -0.05) is 20.8 Å². The molecule has 0 spiro atoms. The van der Waals surface area contributed by atoms with Gasteiger partial charge in [0.1, 0.15) is 0 Å². The standard InChI is InChI=1S/C16H30F2N2/c1-15(2,3)13-6-9-20(10-7-13)11-14-5-8-19(4)12-16(14,17)18/h13-14H,5-12H2,1-4H3. The molecule has 0 aromatic rings. The van der Waals surface area contributed by atoms with Crippen LogP contribution in [0.25, 0.3) is 0 Å². The quantitative estimate of drug-likeness (QED) is 0.769. The Morgan fingerprint density at radius 2 is 1.65 bits per heavy atom. The number of likely N-dealkylation sites (tertiary alicyclic amines) is 2. The maximum atomic E-state index is 14.1. The highest BCUT2D eigenvalue weighted by Gasteiger charge is 2.44. The van der Waals surface area contributed by atoms with Crippen LogP contribution in [0.15, 0.2) is 0 Å². The van der Waals surface area contributed by atoms with Crippen molar-refractivity contribution in [3.8, 4) is 0 Å². The first-order valence-corrected chi connectivity index (χ1v) is 7.97. The first-order chi connectivity index (χ1) is 9.18. The second-order valence-corrected chi connectivity index (χ2v) is 7.93. The number of rotatable bonds is 2. The lowest BCUT2D eigenvalue weighted by atomic mass is 9.75. The van der Waals surface area contributed by atoms with Crippen LogP contribution >= 0.6 is 0 Å². The van der Waals surface area contributed by atoms with Crippen molar-refractivity contribution in [2.24, 2.45) is 17.3 Å². The van der Waals surface area contributed by atoms with Crippen molar-refractivity contribution in [1.29, 1.82) is 0 Å². The molecular formula is C16H30F2N2. The van der Waals surface area contributed by atoms with Gasteiger partial charge in [-0.15, -0.1) is 0 Å². The smallest absolute Gasteiger partial charge is 0.264 e. The summed E-state index contributed by atoms with van der Waals surface area (Å²) < 4.78 is 28.1. The lowest BCUT2D eigenvalue weighted by molar-refractivity contribution is -0.115. The average molecular weight is 288 g/mol. The zero-order chi connectivity index (χ0) is 15.0. The second kappa shape index (κ2) is 5.88. The molecule has 2 rings (SSSR count). The van der Waals surface area contributed by atoms with Gasteiger partial charge in [0.15, 0.2) is 0 Å². The van der Waals surface area contributed by atoms with E-state index in [2.05, 4.69) is 25.7 Å². The van der Waals surface area contributed by atoms with Crippen molar-refractivity contribution in [2.75, 3.05) is 39.8 Å². The van der Waals surface area contributed by atoms with Gasteiger partial charge >= 0.3 is 0 Å². The Hall–Kier alpha value is -0.220. The highest BCUT2D eigenvalue weighted by Crippen LogP contribution is 2.37. The third-order valence-electron chi connectivity index (χ3n) is 5.23. The average Bonchev–Trinajstić information content (AvgIpc) is 2.31. The lowest BCUT2D eigenvalue weighted by Gasteiger charge is -2.42. The van der Waals surface area contributed by atoms with Gasteiger partial charge in [0.05, 0.1) is 6.54 Å². The molecule has 1 atom stereocenters. The fourth-order valence-corrected chi connectivity index (χ4v) is 3.67. The van der Waals surface area contributed by atoms with Crippen LogP contribution in [0.3, 0.4) is 0 Å². The van der Waals surface area contributed by atoms with Crippen molar-refractivity contribution in [3.05, 3.63) is 0 Å². The molecule has 4 heteroatoms. The fourth-order valence-electron chi connectivity index (χ4n) is 3.67. The Morgan fingerprint density at radius 3 is 2.15 bits per heavy atom. The minimum absolute atomic E-state index is 0.0733. The van der Waals surface area contributed by atoms with E-state index in [1.54, 1.807) is 11.9 Å². The zero-order valence-electron chi connectivity index (χ0n) is 13.5. The van der Waals surface area contributed by atoms with Gasteiger partial charge in [0.2, 0.25) is 0 Å². The van der Waals surface area contributed by atoms with Crippen LogP contribution in [0.2, 0.25) is 0 Å². The Labute approximate surface area is 122 Å². The summed E-state index contributed by atoms with van der Waals surface area (Å²) in [6, 6.07) is 0. The molecule has 2 aliphatic heterocycles. The molecule has 2 heterocycles. The summed E-state index contributed by atoms with van der Waals surface area (Å²) in [5, 5.41) is 0. The Kier molecular flexibility index (Phi) is 4.75. The molecule has 1 unspecified atom stereocenters. The summed E-state index contributed by atoms with van der Waals surface area (Å²) in [7, 11) is 1.79. The van der Waals surface area contributed by atoms with Gasteiger partial charge in [-0.2, -0.15) is 0 Å². The Morgan fingerprint density at radius 1 is 1.05 bits per heavy atom. The second-order valence-electron chi connectivity index (χ2n) is 7.93. The molecule has 0 aromatic heterocycles. The molecule has 2 saturated heterocycles. The Balaban J connectivity index is 1.84. The largest absolute Gasteiger partial charge is 0.303 e. The van der Waals surface area contributed by atoms with E-state index in [1.165, 1.54) is 0 Å². The number of halogens is 2. The molecule has 2 aliphatic rings. The number of hydrogen-bond acceptors (Lipinski definition) is 2. The summed E-state index contributed by atoms with van der Waals surface area (Å²) >= 11 is 0. The summed E-state index contributed by atoms with van der Waals surface area (Å²) in [6.45, 7) is 10.2. The first kappa shape index (κ1) is 16.2. The molecule has 0 N–H and O–H groups in total. The molecule has 0 radical (unpaired) electrons. The van der Waals surface area contributed by atoms with Gasteiger partial charge < -0.3 is 9.80 Å². The summed E-state index contributed by atoms with van der Waals surface area (Å²) in [5.74, 6) is -2.24. The molecule has 2 nitrogen and oxygen atoms in total. The molecule has 118 valence electrons. The van der Waals surface area contributed by atoms with Crippen LogP contribution in [0.1, 0.15) is 40.0 Å². The molecular weight excluding hydrogens is 258 g/mol. The van der Waals surface area contributed by atoms with Crippen molar-refractivity contribution in [1.82, 2.24) is 9.80 Å². The first-order valence-electron chi connectivity index (χ1n) is 7.97. The molecule has 0 saturated carbocycles. The van der Waals surface area contributed by atoms with Gasteiger partial charge in [-0.05, 0) is 57.3 Å². The van der Waals surface area contributed by atoms with Gasteiger partial charge in [-0.25, -0.2) is 8.78 Å². The number of piperidine rings is 2. The third-order valence-corrected chi connectivity index (χ3v) is 5.23.